The van der Waals surface area contributed by atoms with Gasteiger partial charge in [0.2, 0.25) is 0 Å². The number of nitrogens with zero attached hydrogens (tertiary/aromatic N) is 4. The average molecular weight is 288 g/mol. The highest BCUT2D eigenvalue weighted by molar-refractivity contribution is 6.30. The van der Waals surface area contributed by atoms with Gasteiger partial charge in [0.1, 0.15) is 17.5 Å². The molecule has 1 fully saturated rings. The van der Waals surface area contributed by atoms with Crippen LogP contribution in [0.2, 0.25) is 5.02 Å². The second-order valence-electron chi connectivity index (χ2n) is 4.78. The molecule has 2 heterocycles. The number of halogens is 1. The second kappa shape index (κ2) is 5.06. The summed E-state index contributed by atoms with van der Waals surface area (Å²) >= 11 is 6.00. The summed E-state index contributed by atoms with van der Waals surface area (Å²) in [6, 6.07) is 9.43. The Morgan fingerprint density at radius 3 is 2.70 bits per heavy atom. The van der Waals surface area contributed by atoms with E-state index in [1.807, 2.05) is 12.1 Å². The highest BCUT2D eigenvalue weighted by Crippen LogP contribution is 2.29. The lowest BCUT2D eigenvalue weighted by molar-refractivity contribution is 0.850. The van der Waals surface area contributed by atoms with Crippen LogP contribution in [0.15, 0.2) is 24.3 Å². The molecule has 0 aliphatic carbocycles. The first-order valence-electron chi connectivity index (χ1n) is 6.50. The van der Waals surface area contributed by atoms with E-state index in [0.717, 1.165) is 31.6 Å². The zero-order chi connectivity index (χ0) is 14.1. The van der Waals surface area contributed by atoms with Crippen molar-refractivity contribution in [1.29, 1.82) is 5.26 Å². The molecule has 2 N–H and O–H groups in total. The lowest BCUT2D eigenvalue weighted by Crippen LogP contribution is -2.19. The summed E-state index contributed by atoms with van der Waals surface area (Å²) in [5, 5.41) is 14.5. The largest absolute Gasteiger partial charge is 0.382 e. The van der Waals surface area contributed by atoms with E-state index in [4.69, 9.17) is 17.3 Å². The van der Waals surface area contributed by atoms with E-state index in [-0.39, 0.29) is 0 Å². The van der Waals surface area contributed by atoms with E-state index in [1.54, 1.807) is 16.8 Å². The summed E-state index contributed by atoms with van der Waals surface area (Å²) in [5.74, 6) is 1.03. The summed E-state index contributed by atoms with van der Waals surface area (Å²) < 4.78 is 1.58. The van der Waals surface area contributed by atoms with Crippen molar-refractivity contribution < 1.29 is 0 Å². The second-order valence-corrected chi connectivity index (χ2v) is 5.22. The maximum absolute atomic E-state index is 9.34. The quantitative estimate of drug-likeness (QED) is 0.921. The lowest BCUT2D eigenvalue weighted by Gasteiger charge is -2.13. The smallest absolute Gasteiger partial charge is 0.171 e. The van der Waals surface area contributed by atoms with Crippen molar-refractivity contribution in [2.45, 2.75) is 12.8 Å². The molecule has 20 heavy (non-hydrogen) atoms. The Morgan fingerprint density at radius 1 is 1.30 bits per heavy atom. The maximum atomic E-state index is 9.34. The van der Waals surface area contributed by atoms with Crippen molar-refractivity contribution in [1.82, 2.24) is 9.78 Å². The number of hydrogen-bond acceptors (Lipinski definition) is 4. The number of nitrogen functional groups attached to an aromatic ring is 1. The predicted octanol–water partition coefficient (Wildman–Crippen LogP) is 2.58. The van der Waals surface area contributed by atoms with Crippen LogP contribution in [-0.4, -0.2) is 22.9 Å². The van der Waals surface area contributed by atoms with Crippen LogP contribution in [-0.2, 0) is 0 Å². The number of benzene rings is 1. The number of anilines is 2. The third-order valence-electron chi connectivity index (χ3n) is 3.47. The summed E-state index contributed by atoms with van der Waals surface area (Å²) in [7, 11) is 0. The Morgan fingerprint density at radius 2 is 2.05 bits per heavy atom. The van der Waals surface area contributed by atoms with Gasteiger partial charge < -0.3 is 10.6 Å². The zero-order valence-corrected chi connectivity index (χ0v) is 11.6. The molecule has 2 aromatic rings. The lowest BCUT2D eigenvalue weighted by atomic mass is 10.3. The van der Waals surface area contributed by atoms with Crippen LogP contribution in [0.3, 0.4) is 0 Å². The minimum absolute atomic E-state index is 0.358. The summed E-state index contributed by atoms with van der Waals surface area (Å²) in [6.45, 7) is 1.83. The van der Waals surface area contributed by atoms with E-state index >= 15 is 0 Å². The molecule has 1 aliphatic rings. The number of nitrogens with two attached hydrogens (primary N) is 1. The molecule has 1 saturated heterocycles. The SMILES string of the molecule is N#Cc1c(N2CCCC2)nn(-c2cccc(Cl)c2)c1N. The third-order valence-corrected chi connectivity index (χ3v) is 3.71. The standard InChI is InChI=1S/C14H14ClN5/c15-10-4-3-5-11(8-10)20-13(17)12(9-16)14(18-20)19-6-1-2-7-19/h3-5,8H,1-2,6-7,17H2. The van der Waals surface area contributed by atoms with E-state index < -0.39 is 0 Å². The van der Waals surface area contributed by atoms with Crippen molar-refractivity contribution in [2.24, 2.45) is 0 Å². The normalized spacial score (nSPS) is 14.5. The molecule has 0 atom stereocenters. The maximum Gasteiger partial charge on any atom is 0.171 e. The number of hydrogen-bond donors (Lipinski definition) is 1. The molecule has 0 spiro atoms. The molecule has 102 valence electrons. The van der Waals surface area contributed by atoms with Gasteiger partial charge in [-0.3, -0.25) is 0 Å². The van der Waals surface area contributed by atoms with E-state index in [2.05, 4.69) is 16.1 Å². The Balaban J connectivity index is 2.11. The van der Waals surface area contributed by atoms with Gasteiger partial charge in [-0.2, -0.15) is 5.26 Å². The van der Waals surface area contributed by atoms with Crippen molar-refractivity contribution in [3.8, 4) is 11.8 Å². The van der Waals surface area contributed by atoms with Crippen LogP contribution < -0.4 is 10.6 Å². The highest BCUT2D eigenvalue weighted by atomic mass is 35.5. The molecule has 0 radical (unpaired) electrons. The van der Waals surface area contributed by atoms with E-state index in [0.29, 0.717) is 22.2 Å². The van der Waals surface area contributed by atoms with Gasteiger partial charge >= 0.3 is 0 Å². The van der Waals surface area contributed by atoms with Gasteiger partial charge in [0.15, 0.2) is 5.82 Å². The topological polar surface area (TPSA) is 70.9 Å². The van der Waals surface area contributed by atoms with Crippen LogP contribution in [0.25, 0.3) is 5.69 Å². The van der Waals surface area contributed by atoms with Crippen LogP contribution in [0.1, 0.15) is 18.4 Å². The summed E-state index contributed by atoms with van der Waals surface area (Å²) in [6.07, 6.45) is 2.24. The minimum atomic E-state index is 0.358. The first-order chi connectivity index (χ1) is 9.70. The van der Waals surface area contributed by atoms with Crippen LogP contribution in [0.5, 0.6) is 0 Å². The Hall–Kier alpha value is -2.19. The monoisotopic (exact) mass is 287 g/mol. The summed E-state index contributed by atoms with van der Waals surface area (Å²) in [5.41, 5.74) is 7.27. The van der Waals surface area contributed by atoms with Crippen LogP contribution in [0, 0.1) is 11.3 Å². The predicted molar refractivity (Wildman–Crippen MR) is 79.1 cm³/mol. The molecule has 3 rings (SSSR count). The molecule has 0 amide bonds. The number of rotatable bonds is 2. The molecule has 5 nitrogen and oxygen atoms in total. The fraction of sp³-hybridized carbons (Fsp3) is 0.286. The first-order valence-corrected chi connectivity index (χ1v) is 6.88. The summed E-state index contributed by atoms with van der Waals surface area (Å²) in [4.78, 5) is 2.11. The highest BCUT2D eigenvalue weighted by Gasteiger charge is 2.23. The Kier molecular flexibility index (Phi) is 3.25. The molecular weight excluding hydrogens is 274 g/mol. The van der Waals surface area contributed by atoms with E-state index in [9.17, 15) is 5.26 Å². The molecule has 1 aliphatic heterocycles. The average Bonchev–Trinajstić information content (AvgIpc) is 3.05. The van der Waals surface area contributed by atoms with Crippen molar-refractivity contribution in [3.63, 3.8) is 0 Å². The van der Waals surface area contributed by atoms with Gasteiger partial charge in [-0.15, -0.1) is 5.10 Å². The molecule has 6 heteroatoms. The number of nitriles is 1. The first kappa shape index (κ1) is 12.8. The van der Waals surface area contributed by atoms with Gasteiger partial charge in [0.05, 0.1) is 5.69 Å². The van der Waals surface area contributed by atoms with Gasteiger partial charge in [-0.05, 0) is 31.0 Å². The molecule has 0 saturated carbocycles. The van der Waals surface area contributed by atoms with Gasteiger partial charge in [-0.25, -0.2) is 4.68 Å². The molecule has 0 unspecified atom stereocenters. The zero-order valence-electron chi connectivity index (χ0n) is 10.9. The van der Waals surface area contributed by atoms with Crippen LogP contribution in [0.4, 0.5) is 11.6 Å². The number of aromatic nitrogens is 2. The van der Waals surface area contributed by atoms with Crippen molar-refractivity contribution >= 4 is 23.2 Å². The minimum Gasteiger partial charge on any atom is -0.382 e. The Bertz CT molecular complexity index is 679. The molecule has 1 aromatic heterocycles. The van der Waals surface area contributed by atoms with Crippen molar-refractivity contribution in [3.05, 3.63) is 34.9 Å². The van der Waals surface area contributed by atoms with Gasteiger partial charge in [0.25, 0.3) is 0 Å². The Labute approximate surface area is 122 Å². The fourth-order valence-electron chi connectivity index (χ4n) is 2.48. The van der Waals surface area contributed by atoms with Crippen molar-refractivity contribution in [2.75, 3.05) is 23.7 Å². The van der Waals surface area contributed by atoms with E-state index in [1.165, 1.54) is 0 Å². The van der Waals surface area contributed by atoms with Gasteiger partial charge in [-0.1, -0.05) is 17.7 Å². The fourth-order valence-corrected chi connectivity index (χ4v) is 2.67. The van der Waals surface area contributed by atoms with Gasteiger partial charge in [0, 0.05) is 18.1 Å². The molecule has 1 aromatic carbocycles. The third kappa shape index (κ3) is 2.08. The molecule has 0 bridgehead atoms. The van der Waals surface area contributed by atoms with Crippen LogP contribution >= 0.6 is 11.6 Å². The molecular formula is C14H14ClN5.